The number of amides is 1. The third kappa shape index (κ3) is 5.77. The number of aryl methyl sites for hydroxylation is 1. The molecule has 4 nitrogen and oxygen atoms in total. The lowest BCUT2D eigenvalue weighted by atomic mass is 9.96. The lowest BCUT2D eigenvalue weighted by Gasteiger charge is -2.17. The molecule has 0 atom stereocenters. The summed E-state index contributed by atoms with van der Waals surface area (Å²) in [6.07, 6.45) is 3.93. The fourth-order valence-electron chi connectivity index (χ4n) is 3.37. The lowest BCUT2D eigenvalue weighted by Crippen LogP contribution is -2.35. The van der Waals surface area contributed by atoms with Crippen molar-refractivity contribution in [2.24, 2.45) is 5.41 Å². The molecule has 2 aromatic carbocycles. The predicted octanol–water partition coefficient (Wildman–Crippen LogP) is 6.27. The van der Waals surface area contributed by atoms with Crippen LogP contribution in [0.5, 0.6) is 0 Å². The van der Waals surface area contributed by atoms with E-state index in [1.54, 1.807) is 0 Å². The zero-order chi connectivity index (χ0) is 21.7. The first-order valence-electron chi connectivity index (χ1n) is 10.4. The Morgan fingerprint density at radius 2 is 1.80 bits per heavy atom. The maximum Gasteiger partial charge on any atom is 0.225 e. The minimum absolute atomic E-state index is 0.103. The molecule has 6 heteroatoms. The number of aromatic nitrogens is 2. The molecule has 0 spiro atoms. The third-order valence-corrected chi connectivity index (χ3v) is 5.84. The molecule has 0 aliphatic heterocycles. The fraction of sp³-hybridized carbons (Fsp3) is 0.417. The molecule has 0 aliphatic carbocycles. The molecule has 0 fully saturated rings. The van der Waals surface area contributed by atoms with E-state index in [9.17, 15) is 4.79 Å². The molecule has 30 heavy (non-hydrogen) atoms. The van der Waals surface area contributed by atoms with E-state index >= 15 is 0 Å². The minimum atomic E-state index is -0.338. The second kappa shape index (κ2) is 9.84. The molecule has 0 bridgehead atoms. The number of carbonyl (C=O) groups excluding carboxylic acids is 1. The van der Waals surface area contributed by atoms with Gasteiger partial charge in [0.1, 0.15) is 5.82 Å². The summed E-state index contributed by atoms with van der Waals surface area (Å²) in [5.41, 5.74) is 2.88. The maximum atomic E-state index is 11.9. The van der Waals surface area contributed by atoms with E-state index < -0.39 is 0 Å². The monoisotopic (exact) mass is 445 g/mol. The second-order valence-electron chi connectivity index (χ2n) is 8.67. The van der Waals surface area contributed by atoms with Gasteiger partial charge < -0.3 is 9.88 Å². The summed E-state index contributed by atoms with van der Waals surface area (Å²) < 4.78 is 2.26. The van der Waals surface area contributed by atoms with Crippen LogP contribution in [0, 0.1) is 5.41 Å². The molecule has 1 heterocycles. The number of carbonyl (C=O) groups is 1. The van der Waals surface area contributed by atoms with Crippen molar-refractivity contribution in [3.05, 3.63) is 63.9 Å². The topological polar surface area (TPSA) is 46.9 Å². The van der Waals surface area contributed by atoms with Crippen molar-refractivity contribution in [3.8, 4) is 0 Å². The zero-order valence-corrected chi connectivity index (χ0v) is 19.4. The van der Waals surface area contributed by atoms with Gasteiger partial charge in [-0.2, -0.15) is 0 Å². The Kier molecular flexibility index (Phi) is 7.43. The summed E-state index contributed by atoms with van der Waals surface area (Å²) in [5, 5.41) is 4.15. The molecule has 3 rings (SSSR count). The number of para-hydroxylation sites is 2. The van der Waals surface area contributed by atoms with Crippen LogP contribution < -0.4 is 5.32 Å². The SMILES string of the molecule is CC(C)(C)C(=O)NCCCCCc1nc2ccccc2n1Cc1ccc(Cl)c(Cl)c1. The van der Waals surface area contributed by atoms with Crippen LogP contribution in [0.15, 0.2) is 42.5 Å². The van der Waals surface area contributed by atoms with Gasteiger partial charge in [-0.05, 0) is 42.7 Å². The van der Waals surface area contributed by atoms with Gasteiger partial charge in [-0.15, -0.1) is 0 Å². The molecule has 1 N–H and O–H groups in total. The number of benzene rings is 2. The van der Waals surface area contributed by atoms with Crippen LogP contribution in [0.2, 0.25) is 10.0 Å². The molecule has 0 unspecified atom stereocenters. The molecule has 3 aromatic rings. The number of unbranched alkanes of at least 4 members (excludes halogenated alkanes) is 2. The van der Waals surface area contributed by atoms with E-state index in [2.05, 4.69) is 16.0 Å². The molecule has 0 saturated heterocycles. The molecule has 1 aromatic heterocycles. The van der Waals surface area contributed by atoms with Crippen molar-refractivity contribution in [1.29, 1.82) is 0 Å². The van der Waals surface area contributed by atoms with Gasteiger partial charge >= 0.3 is 0 Å². The minimum Gasteiger partial charge on any atom is -0.356 e. The second-order valence-corrected chi connectivity index (χ2v) is 9.48. The van der Waals surface area contributed by atoms with Crippen LogP contribution in [0.3, 0.4) is 0 Å². The van der Waals surface area contributed by atoms with Crippen LogP contribution in [0.25, 0.3) is 11.0 Å². The predicted molar refractivity (Wildman–Crippen MR) is 125 cm³/mol. The molecule has 0 aliphatic rings. The summed E-state index contributed by atoms with van der Waals surface area (Å²) in [6.45, 7) is 7.21. The van der Waals surface area contributed by atoms with Crippen molar-refractivity contribution >= 4 is 40.1 Å². The Morgan fingerprint density at radius 1 is 1.03 bits per heavy atom. The summed E-state index contributed by atoms with van der Waals surface area (Å²) in [7, 11) is 0. The zero-order valence-electron chi connectivity index (χ0n) is 17.8. The van der Waals surface area contributed by atoms with Crippen molar-refractivity contribution in [2.45, 2.75) is 53.0 Å². The van der Waals surface area contributed by atoms with Gasteiger partial charge in [0, 0.05) is 24.9 Å². The van der Waals surface area contributed by atoms with Gasteiger partial charge in [-0.3, -0.25) is 4.79 Å². The number of hydrogen-bond acceptors (Lipinski definition) is 2. The number of hydrogen-bond donors (Lipinski definition) is 1. The van der Waals surface area contributed by atoms with E-state index in [0.29, 0.717) is 16.6 Å². The highest BCUT2D eigenvalue weighted by atomic mass is 35.5. The van der Waals surface area contributed by atoms with Gasteiger partial charge in [0.25, 0.3) is 0 Å². The molecular formula is C24H29Cl2N3O. The summed E-state index contributed by atoms with van der Waals surface area (Å²) in [6, 6.07) is 14.0. The standard InChI is InChI=1S/C24H29Cl2N3O/c1-24(2,3)23(30)27-14-8-4-5-11-22-28-20-9-6-7-10-21(20)29(22)16-17-12-13-18(25)19(26)15-17/h6-7,9-10,12-13,15H,4-5,8,11,14,16H2,1-3H3,(H,27,30). The first kappa shape index (κ1) is 22.6. The summed E-state index contributed by atoms with van der Waals surface area (Å²) >= 11 is 12.3. The van der Waals surface area contributed by atoms with E-state index in [0.717, 1.165) is 54.6 Å². The van der Waals surface area contributed by atoms with Gasteiger partial charge in [-0.25, -0.2) is 4.98 Å². The van der Waals surface area contributed by atoms with Crippen molar-refractivity contribution in [1.82, 2.24) is 14.9 Å². The number of imidazole rings is 1. The number of nitrogens with one attached hydrogen (secondary N) is 1. The van der Waals surface area contributed by atoms with Crippen molar-refractivity contribution < 1.29 is 4.79 Å². The Hall–Kier alpha value is -2.04. The Morgan fingerprint density at radius 3 is 2.53 bits per heavy atom. The van der Waals surface area contributed by atoms with Crippen LogP contribution >= 0.6 is 23.2 Å². The van der Waals surface area contributed by atoms with Crippen LogP contribution in [0.4, 0.5) is 0 Å². The molecule has 160 valence electrons. The first-order valence-corrected chi connectivity index (χ1v) is 11.2. The van der Waals surface area contributed by atoms with Crippen LogP contribution in [-0.4, -0.2) is 22.0 Å². The number of rotatable bonds is 8. The van der Waals surface area contributed by atoms with Crippen LogP contribution in [-0.2, 0) is 17.8 Å². The number of fused-ring (bicyclic) bond motifs is 1. The number of nitrogens with zero attached hydrogens (tertiary/aromatic N) is 2. The van der Waals surface area contributed by atoms with Gasteiger partial charge in [-0.1, -0.05) is 68.6 Å². The first-order chi connectivity index (χ1) is 14.3. The van der Waals surface area contributed by atoms with E-state index in [4.69, 9.17) is 28.2 Å². The van der Waals surface area contributed by atoms with E-state index in [1.807, 2.05) is 57.2 Å². The average molecular weight is 446 g/mol. The van der Waals surface area contributed by atoms with Crippen molar-refractivity contribution in [2.75, 3.05) is 6.54 Å². The molecule has 0 radical (unpaired) electrons. The number of halogens is 2. The van der Waals surface area contributed by atoms with Gasteiger partial charge in [0.15, 0.2) is 0 Å². The molecule has 1 amide bonds. The highest BCUT2D eigenvalue weighted by Crippen LogP contribution is 2.25. The van der Waals surface area contributed by atoms with Gasteiger partial charge in [0.2, 0.25) is 5.91 Å². The fourth-order valence-corrected chi connectivity index (χ4v) is 3.69. The molecule has 0 saturated carbocycles. The summed E-state index contributed by atoms with van der Waals surface area (Å²) in [5.74, 6) is 1.17. The van der Waals surface area contributed by atoms with E-state index in [1.165, 1.54) is 0 Å². The normalized spacial score (nSPS) is 11.8. The third-order valence-electron chi connectivity index (χ3n) is 5.10. The Labute approximate surface area is 188 Å². The van der Waals surface area contributed by atoms with Crippen molar-refractivity contribution in [3.63, 3.8) is 0 Å². The Bertz CT molecular complexity index is 1020. The summed E-state index contributed by atoms with van der Waals surface area (Å²) in [4.78, 5) is 16.8. The quantitative estimate of drug-likeness (QED) is 0.415. The van der Waals surface area contributed by atoms with Gasteiger partial charge in [0.05, 0.1) is 21.1 Å². The highest BCUT2D eigenvalue weighted by Gasteiger charge is 2.20. The van der Waals surface area contributed by atoms with E-state index in [-0.39, 0.29) is 11.3 Å². The smallest absolute Gasteiger partial charge is 0.225 e. The maximum absolute atomic E-state index is 11.9. The average Bonchev–Trinajstić information content (AvgIpc) is 3.04. The Balaban J connectivity index is 1.63. The largest absolute Gasteiger partial charge is 0.356 e. The van der Waals surface area contributed by atoms with Crippen LogP contribution in [0.1, 0.15) is 51.4 Å². The highest BCUT2D eigenvalue weighted by molar-refractivity contribution is 6.42. The lowest BCUT2D eigenvalue weighted by molar-refractivity contribution is -0.128. The molecular weight excluding hydrogens is 417 g/mol.